The van der Waals surface area contributed by atoms with Crippen LogP contribution in [0.5, 0.6) is 0 Å². The Morgan fingerprint density at radius 1 is 1.57 bits per heavy atom. The van der Waals surface area contributed by atoms with Crippen LogP contribution >= 0.6 is 0 Å². The van der Waals surface area contributed by atoms with Crippen molar-refractivity contribution in [1.29, 1.82) is 0 Å². The van der Waals surface area contributed by atoms with E-state index in [0.29, 0.717) is 6.54 Å². The molecule has 0 aliphatic heterocycles. The van der Waals surface area contributed by atoms with E-state index in [0.717, 1.165) is 18.7 Å². The Kier molecular flexibility index (Phi) is 3.87. The lowest BCUT2D eigenvalue weighted by molar-refractivity contribution is 0.0995. The van der Waals surface area contributed by atoms with Crippen LogP contribution in [0.2, 0.25) is 0 Å². The zero-order valence-electron chi connectivity index (χ0n) is 7.86. The molecule has 0 fully saturated rings. The summed E-state index contributed by atoms with van der Waals surface area (Å²) in [7, 11) is 0. The minimum Gasteiger partial charge on any atom is -0.385 e. The highest BCUT2D eigenvalue weighted by molar-refractivity contribution is 5.91. The van der Waals surface area contributed by atoms with Gasteiger partial charge in [0, 0.05) is 18.4 Å². The molecule has 0 bridgehead atoms. The van der Waals surface area contributed by atoms with E-state index >= 15 is 0 Å². The van der Waals surface area contributed by atoms with E-state index in [1.807, 2.05) is 0 Å². The lowest BCUT2D eigenvalue weighted by Gasteiger charge is -2.05. The Labute approximate surface area is 82.5 Å². The molecule has 0 atom stereocenters. The zero-order chi connectivity index (χ0) is 10.4. The van der Waals surface area contributed by atoms with Crippen LogP contribution in [-0.2, 0) is 0 Å². The van der Waals surface area contributed by atoms with Crippen molar-refractivity contribution >= 4 is 11.6 Å². The number of aromatic nitrogens is 1. The molecule has 5 N–H and O–H groups in total. The molecule has 5 nitrogen and oxygen atoms in total. The van der Waals surface area contributed by atoms with Gasteiger partial charge in [0.2, 0.25) is 0 Å². The number of rotatable bonds is 5. The van der Waals surface area contributed by atoms with Gasteiger partial charge in [0.05, 0.1) is 0 Å². The summed E-state index contributed by atoms with van der Waals surface area (Å²) in [6, 6.07) is 3.40. The molecule has 1 aromatic heterocycles. The van der Waals surface area contributed by atoms with Gasteiger partial charge in [-0.2, -0.15) is 0 Å². The molecule has 0 saturated heterocycles. The molecule has 0 aliphatic rings. The summed E-state index contributed by atoms with van der Waals surface area (Å²) < 4.78 is 0. The molecule has 1 aromatic rings. The average molecular weight is 194 g/mol. The fourth-order valence-electron chi connectivity index (χ4n) is 1.01. The maximum Gasteiger partial charge on any atom is 0.267 e. The van der Waals surface area contributed by atoms with Crippen molar-refractivity contribution in [3.63, 3.8) is 0 Å². The third-order valence-corrected chi connectivity index (χ3v) is 1.72. The second-order valence-corrected chi connectivity index (χ2v) is 2.86. The van der Waals surface area contributed by atoms with Crippen LogP contribution < -0.4 is 16.8 Å². The number of carbonyl (C=O) groups excluding carboxylic acids is 1. The second-order valence-electron chi connectivity index (χ2n) is 2.86. The Balaban J connectivity index is 2.59. The first-order valence-corrected chi connectivity index (χ1v) is 4.44. The highest BCUT2D eigenvalue weighted by Crippen LogP contribution is 2.06. The van der Waals surface area contributed by atoms with Gasteiger partial charge >= 0.3 is 0 Å². The van der Waals surface area contributed by atoms with Gasteiger partial charge in [0.15, 0.2) is 0 Å². The first-order chi connectivity index (χ1) is 6.74. The first kappa shape index (κ1) is 10.5. The SMILES string of the molecule is NCCCNc1ccnc(C(N)=O)c1. The van der Waals surface area contributed by atoms with Gasteiger partial charge < -0.3 is 16.8 Å². The zero-order valence-corrected chi connectivity index (χ0v) is 7.86. The molecule has 0 spiro atoms. The van der Waals surface area contributed by atoms with E-state index in [9.17, 15) is 4.79 Å². The van der Waals surface area contributed by atoms with Crippen molar-refractivity contribution in [3.8, 4) is 0 Å². The molecule has 0 radical (unpaired) electrons. The van der Waals surface area contributed by atoms with E-state index < -0.39 is 5.91 Å². The fourth-order valence-corrected chi connectivity index (χ4v) is 1.01. The molecule has 0 saturated carbocycles. The molecule has 5 heteroatoms. The minimum atomic E-state index is -0.521. The lowest BCUT2D eigenvalue weighted by Crippen LogP contribution is -2.14. The van der Waals surface area contributed by atoms with Crippen LogP contribution in [-0.4, -0.2) is 24.0 Å². The highest BCUT2D eigenvalue weighted by atomic mass is 16.1. The van der Waals surface area contributed by atoms with Crippen LogP contribution in [0.3, 0.4) is 0 Å². The summed E-state index contributed by atoms with van der Waals surface area (Å²) >= 11 is 0. The lowest BCUT2D eigenvalue weighted by atomic mass is 10.3. The number of nitrogens with two attached hydrogens (primary N) is 2. The van der Waals surface area contributed by atoms with E-state index in [2.05, 4.69) is 10.3 Å². The van der Waals surface area contributed by atoms with Crippen molar-refractivity contribution in [2.45, 2.75) is 6.42 Å². The van der Waals surface area contributed by atoms with E-state index in [-0.39, 0.29) is 5.69 Å². The van der Waals surface area contributed by atoms with Gasteiger partial charge in [-0.3, -0.25) is 9.78 Å². The molecular formula is C9H14N4O. The third kappa shape index (κ3) is 3.02. The number of amides is 1. The number of hydrogen-bond donors (Lipinski definition) is 3. The van der Waals surface area contributed by atoms with Gasteiger partial charge in [0.1, 0.15) is 5.69 Å². The molecule has 1 rings (SSSR count). The predicted molar refractivity (Wildman–Crippen MR) is 54.9 cm³/mol. The van der Waals surface area contributed by atoms with Crippen LogP contribution in [0.15, 0.2) is 18.3 Å². The molecule has 76 valence electrons. The number of hydrogen-bond acceptors (Lipinski definition) is 4. The summed E-state index contributed by atoms with van der Waals surface area (Å²) in [6.45, 7) is 1.42. The molecule has 14 heavy (non-hydrogen) atoms. The third-order valence-electron chi connectivity index (χ3n) is 1.72. The standard InChI is InChI=1S/C9H14N4O/c10-3-1-4-12-7-2-5-13-8(6-7)9(11)14/h2,5-6H,1,3-4,10H2,(H2,11,14)(H,12,13). The van der Waals surface area contributed by atoms with Gasteiger partial charge in [0.25, 0.3) is 5.91 Å². The van der Waals surface area contributed by atoms with Crippen molar-refractivity contribution < 1.29 is 4.79 Å². The van der Waals surface area contributed by atoms with Crippen LogP contribution in [0, 0.1) is 0 Å². The normalized spacial score (nSPS) is 9.79. The Morgan fingerprint density at radius 2 is 2.36 bits per heavy atom. The number of pyridine rings is 1. The average Bonchev–Trinajstić information content (AvgIpc) is 2.19. The molecule has 0 aliphatic carbocycles. The van der Waals surface area contributed by atoms with Gasteiger partial charge in [-0.05, 0) is 25.1 Å². The number of nitrogens with one attached hydrogen (secondary N) is 1. The monoisotopic (exact) mass is 194 g/mol. The smallest absolute Gasteiger partial charge is 0.267 e. The Hall–Kier alpha value is -1.62. The van der Waals surface area contributed by atoms with E-state index in [4.69, 9.17) is 11.5 Å². The number of primary amides is 1. The maximum atomic E-state index is 10.8. The summed E-state index contributed by atoms with van der Waals surface area (Å²) in [5.74, 6) is -0.521. The number of carbonyl (C=O) groups is 1. The van der Waals surface area contributed by atoms with Crippen molar-refractivity contribution in [3.05, 3.63) is 24.0 Å². The Bertz CT molecular complexity index is 313. The predicted octanol–water partition coefficient (Wildman–Crippen LogP) is -0.0588. The second kappa shape index (κ2) is 5.18. The molecule has 0 unspecified atom stereocenters. The quantitative estimate of drug-likeness (QED) is 0.572. The van der Waals surface area contributed by atoms with Gasteiger partial charge in [-0.25, -0.2) is 0 Å². The number of nitrogens with zero attached hydrogens (tertiary/aromatic N) is 1. The van der Waals surface area contributed by atoms with Gasteiger partial charge in [-0.1, -0.05) is 0 Å². The summed E-state index contributed by atoms with van der Waals surface area (Å²) in [6.07, 6.45) is 2.43. The first-order valence-electron chi connectivity index (χ1n) is 4.44. The molecule has 0 aromatic carbocycles. The summed E-state index contributed by atoms with van der Waals surface area (Å²) in [4.78, 5) is 14.6. The highest BCUT2D eigenvalue weighted by Gasteiger charge is 2.01. The maximum absolute atomic E-state index is 10.8. The van der Waals surface area contributed by atoms with E-state index in [1.54, 1.807) is 18.3 Å². The van der Waals surface area contributed by atoms with Crippen LogP contribution in [0.1, 0.15) is 16.9 Å². The molecule has 1 heterocycles. The Morgan fingerprint density at radius 3 is 3.00 bits per heavy atom. The van der Waals surface area contributed by atoms with Crippen molar-refractivity contribution in [1.82, 2.24) is 4.98 Å². The van der Waals surface area contributed by atoms with Crippen LogP contribution in [0.4, 0.5) is 5.69 Å². The van der Waals surface area contributed by atoms with E-state index in [1.165, 1.54) is 0 Å². The number of anilines is 1. The molecule has 1 amide bonds. The largest absolute Gasteiger partial charge is 0.385 e. The molecular weight excluding hydrogens is 180 g/mol. The van der Waals surface area contributed by atoms with Gasteiger partial charge in [-0.15, -0.1) is 0 Å². The minimum absolute atomic E-state index is 0.266. The topological polar surface area (TPSA) is 94.0 Å². The van der Waals surface area contributed by atoms with Crippen LogP contribution in [0.25, 0.3) is 0 Å². The van der Waals surface area contributed by atoms with Crippen molar-refractivity contribution in [2.24, 2.45) is 11.5 Å². The fraction of sp³-hybridized carbons (Fsp3) is 0.333. The summed E-state index contributed by atoms with van der Waals surface area (Å²) in [5.41, 5.74) is 11.5. The van der Waals surface area contributed by atoms with Crippen molar-refractivity contribution in [2.75, 3.05) is 18.4 Å². The summed E-state index contributed by atoms with van der Waals surface area (Å²) in [5, 5.41) is 3.11.